The summed E-state index contributed by atoms with van der Waals surface area (Å²) in [5.74, 6) is 1.71. The van der Waals surface area contributed by atoms with E-state index >= 15 is 0 Å². The quantitative estimate of drug-likeness (QED) is 0.674. The van der Waals surface area contributed by atoms with Gasteiger partial charge in [0.2, 0.25) is 0 Å². The van der Waals surface area contributed by atoms with Crippen molar-refractivity contribution in [1.29, 1.82) is 0 Å². The Kier molecular flexibility index (Phi) is 6.11. The fraction of sp³-hybridized carbons (Fsp3) is 0.368. The van der Waals surface area contributed by atoms with Gasteiger partial charge >= 0.3 is 0 Å². The third-order valence-corrected chi connectivity index (χ3v) is 5.10. The lowest BCUT2D eigenvalue weighted by molar-refractivity contribution is 0.266. The number of anilines is 2. The van der Waals surface area contributed by atoms with E-state index in [9.17, 15) is 5.11 Å². The zero-order valence-electron chi connectivity index (χ0n) is 14.9. The smallest absolute Gasteiger partial charge is 0.173 e. The second-order valence-electron chi connectivity index (χ2n) is 6.22. The third-order valence-electron chi connectivity index (χ3n) is 4.54. The number of halogens is 1. The fourth-order valence-electron chi connectivity index (χ4n) is 3.14. The first-order chi connectivity index (χ1) is 12.7. The Bertz CT molecular complexity index is 842. The summed E-state index contributed by atoms with van der Waals surface area (Å²) in [4.78, 5) is 6.93. The number of allylic oxidation sites excluding steroid dienone is 3. The lowest BCUT2D eigenvalue weighted by atomic mass is 10.2. The molecule has 0 bridgehead atoms. The van der Waals surface area contributed by atoms with Crippen molar-refractivity contribution in [3.05, 3.63) is 53.2 Å². The van der Waals surface area contributed by atoms with Crippen LogP contribution in [0.1, 0.15) is 19.8 Å². The minimum Gasteiger partial charge on any atom is -0.394 e. The Balaban J connectivity index is 1.94. The van der Waals surface area contributed by atoms with Gasteiger partial charge in [-0.15, -0.1) is 0 Å². The van der Waals surface area contributed by atoms with Gasteiger partial charge in [0.05, 0.1) is 23.3 Å². The minimum atomic E-state index is 0.123. The van der Waals surface area contributed by atoms with Crippen LogP contribution < -0.4 is 10.2 Å². The topological polar surface area (TPSA) is 65.7 Å². The molecule has 0 spiro atoms. The predicted molar refractivity (Wildman–Crippen MR) is 110 cm³/mol. The predicted octanol–water partition coefficient (Wildman–Crippen LogP) is 3.55. The van der Waals surface area contributed by atoms with Gasteiger partial charge in [0, 0.05) is 19.2 Å². The molecule has 1 fully saturated rings. The molecule has 0 amide bonds. The van der Waals surface area contributed by atoms with Crippen LogP contribution in [0.5, 0.6) is 0 Å². The van der Waals surface area contributed by atoms with E-state index in [1.807, 2.05) is 37.3 Å². The Labute approximate surface area is 162 Å². The molecule has 26 heavy (non-hydrogen) atoms. The van der Waals surface area contributed by atoms with Gasteiger partial charge in [-0.25, -0.2) is 4.98 Å². The lowest BCUT2D eigenvalue weighted by Crippen LogP contribution is -2.33. The minimum absolute atomic E-state index is 0.123. The summed E-state index contributed by atoms with van der Waals surface area (Å²) >= 11 is 3.53. The van der Waals surface area contributed by atoms with Crippen molar-refractivity contribution in [2.24, 2.45) is 0 Å². The molecule has 6 nitrogen and oxygen atoms in total. The van der Waals surface area contributed by atoms with Gasteiger partial charge in [0.15, 0.2) is 5.65 Å². The van der Waals surface area contributed by atoms with Crippen LogP contribution in [0.3, 0.4) is 0 Å². The van der Waals surface area contributed by atoms with Crippen LogP contribution in [-0.2, 0) is 0 Å². The van der Waals surface area contributed by atoms with Gasteiger partial charge in [-0.3, -0.25) is 0 Å². The van der Waals surface area contributed by atoms with Gasteiger partial charge < -0.3 is 15.3 Å². The highest BCUT2D eigenvalue weighted by Gasteiger charge is 2.26. The highest BCUT2D eigenvalue weighted by molar-refractivity contribution is 9.10. The van der Waals surface area contributed by atoms with Crippen LogP contribution in [0.25, 0.3) is 5.65 Å². The van der Waals surface area contributed by atoms with E-state index in [0.717, 1.165) is 46.7 Å². The molecule has 1 saturated heterocycles. The number of hydrogen-bond donors (Lipinski definition) is 2. The highest BCUT2D eigenvalue weighted by Crippen LogP contribution is 2.29. The SMILES string of the molecule is C=C/C(=C\C=C/C)CNc1cc(N2CCC[C@H]2CO)nc2c(Br)cnn12. The summed E-state index contributed by atoms with van der Waals surface area (Å²) in [5, 5.41) is 17.5. The van der Waals surface area contributed by atoms with Gasteiger partial charge in [-0.05, 0) is 41.3 Å². The summed E-state index contributed by atoms with van der Waals surface area (Å²) in [6.07, 6.45) is 11.6. The van der Waals surface area contributed by atoms with Crippen molar-refractivity contribution in [3.63, 3.8) is 0 Å². The largest absolute Gasteiger partial charge is 0.394 e. The molecule has 0 aliphatic carbocycles. The molecule has 3 rings (SSSR count). The van der Waals surface area contributed by atoms with Crippen molar-refractivity contribution in [1.82, 2.24) is 14.6 Å². The molecule has 0 saturated carbocycles. The molecule has 1 atom stereocenters. The standard InChI is InChI=1S/C19H24BrN5O/c1-3-5-7-14(4-2)11-21-17-10-18(24-9-6-8-15(24)13-26)23-19-16(20)12-22-25(17)19/h3-5,7,10,12,15,21,26H,2,6,8-9,11,13H2,1H3/b5-3-,14-7+/t15-/m0/s1. The van der Waals surface area contributed by atoms with Gasteiger partial charge in [0.25, 0.3) is 0 Å². The summed E-state index contributed by atoms with van der Waals surface area (Å²) in [6, 6.07) is 2.12. The Morgan fingerprint density at radius 3 is 3.12 bits per heavy atom. The third kappa shape index (κ3) is 3.83. The Morgan fingerprint density at radius 2 is 2.38 bits per heavy atom. The zero-order chi connectivity index (χ0) is 18.5. The molecule has 2 aromatic rings. The number of nitrogens with zero attached hydrogens (tertiary/aromatic N) is 4. The highest BCUT2D eigenvalue weighted by atomic mass is 79.9. The molecular weight excluding hydrogens is 394 g/mol. The van der Waals surface area contributed by atoms with Crippen molar-refractivity contribution in [3.8, 4) is 0 Å². The number of aliphatic hydroxyl groups excluding tert-OH is 1. The molecule has 1 aliphatic rings. The van der Waals surface area contributed by atoms with Crippen molar-refractivity contribution in [2.45, 2.75) is 25.8 Å². The Morgan fingerprint density at radius 1 is 1.54 bits per heavy atom. The molecule has 0 radical (unpaired) electrons. The maximum Gasteiger partial charge on any atom is 0.173 e. The van der Waals surface area contributed by atoms with E-state index < -0.39 is 0 Å². The zero-order valence-corrected chi connectivity index (χ0v) is 16.5. The molecule has 3 heterocycles. The van der Waals surface area contributed by atoms with E-state index in [-0.39, 0.29) is 12.6 Å². The van der Waals surface area contributed by atoms with Crippen LogP contribution in [0.2, 0.25) is 0 Å². The maximum atomic E-state index is 9.65. The van der Waals surface area contributed by atoms with Crippen LogP contribution in [0.4, 0.5) is 11.6 Å². The number of aliphatic hydroxyl groups is 1. The van der Waals surface area contributed by atoms with E-state index in [1.54, 1.807) is 10.7 Å². The molecule has 7 heteroatoms. The van der Waals surface area contributed by atoms with E-state index in [0.29, 0.717) is 6.54 Å². The number of fused-ring (bicyclic) bond motifs is 1. The number of hydrogen-bond acceptors (Lipinski definition) is 5. The van der Waals surface area contributed by atoms with Crippen LogP contribution in [0, 0.1) is 0 Å². The number of nitrogens with one attached hydrogen (secondary N) is 1. The monoisotopic (exact) mass is 417 g/mol. The summed E-state index contributed by atoms with van der Waals surface area (Å²) < 4.78 is 2.63. The molecule has 138 valence electrons. The van der Waals surface area contributed by atoms with Crippen LogP contribution in [0.15, 0.2) is 53.2 Å². The molecule has 0 unspecified atom stereocenters. The number of aromatic nitrogens is 3. The van der Waals surface area contributed by atoms with Crippen molar-refractivity contribution >= 4 is 33.2 Å². The van der Waals surface area contributed by atoms with Gasteiger partial charge in [-0.2, -0.15) is 9.61 Å². The first-order valence-electron chi connectivity index (χ1n) is 8.78. The fourth-order valence-corrected chi connectivity index (χ4v) is 3.48. The van der Waals surface area contributed by atoms with Crippen molar-refractivity contribution < 1.29 is 5.11 Å². The second-order valence-corrected chi connectivity index (χ2v) is 7.08. The Hall–Kier alpha value is -2.12. The normalized spacial score (nSPS) is 18.2. The van der Waals surface area contributed by atoms with E-state index in [2.05, 4.69) is 37.8 Å². The van der Waals surface area contributed by atoms with Gasteiger partial charge in [0.1, 0.15) is 11.6 Å². The van der Waals surface area contributed by atoms with Crippen LogP contribution in [-0.4, -0.2) is 45.4 Å². The summed E-state index contributed by atoms with van der Waals surface area (Å²) in [7, 11) is 0. The average molecular weight is 418 g/mol. The van der Waals surface area contributed by atoms with Crippen molar-refractivity contribution in [2.75, 3.05) is 29.9 Å². The summed E-state index contributed by atoms with van der Waals surface area (Å²) in [5.41, 5.74) is 1.83. The average Bonchev–Trinajstić information content (AvgIpc) is 3.28. The van der Waals surface area contributed by atoms with E-state index in [1.165, 1.54) is 0 Å². The van der Waals surface area contributed by atoms with Gasteiger partial charge in [-0.1, -0.05) is 30.9 Å². The van der Waals surface area contributed by atoms with E-state index in [4.69, 9.17) is 4.98 Å². The lowest BCUT2D eigenvalue weighted by Gasteiger charge is -2.25. The molecular formula is C19H24BrN5O. The molecule has 0 aromatic carbocycles. The number of rotatable bonds is 7. The molecule has 1 aliphatic heterocycles. The maximum absolute atomic E-state index is 9.65. The first kappa shape index (κ1) is 18.7. The second kappa shape index (κ2) is 8.51. The molecule has 2 aromatic heterocycles. The summed E-state index contributed by atoms with van der Waals surface area (Å²) in [6.45, 7) is 7.53. The van der Waals surface area contributed by atoms with Crippen LogP contribution >= 0.6 is 15.9 Å². The first-order valence-corrected chi connectivity index (χ1v) is 9.57. The molecule has 2 N–H and O–H groups in total.